The Hall–Kier alpha value is -1.84. The van der Waals surface area contributed by atoms with Crippen molar-refractivity contribution in [1.82, 2.24) is 5.32 Å². The highest BCUT2D eigenvalue weighted by molar-refractivity contribution is 5.83. The molecule has 1 aliphatic rings. The number of aliphatic carboxylic acids is 1. The maximum absolute atomic E-state index is 12.0. The number of carboxylic acids is 1. The highest BCUT2D eigenvalue weighted by Crippen LogP contribution is 2.43. The van der Waals surface area contributed by atoms with Gasteiger partial charge in [0.15, 0.2) is 0 Å². The van der Waals surface area contributed by atoms with Crippen LogP contribution in [0.25, 0.3) is 0 Å². The first-order valence-corrected chi connectivity index (χ1v) is 8.17. The smallest absolute Gasteiger partial charge is 0.326 e. The van der Waals surface area contributed by atoms with E-state index < -0.39 is 12.0 Å². The van der Waals surface area contributed by atoms with Gasteiger partial charge in [0.05, 0.1) is 0 Å². The molecule has 0 aromatic heterocycles. The van der Waals surface area contributed by atoms with E-state index in [4.69, 9.17) is 5.11 Å². The summed E-state index contributed by atoms with van der Waals surface area (Å²) in [6.45, 7) is 2.01. The molecule has 1 saturated carbocycles. The number of hydrogen-bond acceptors (Lipinski definition) is 2. The van der Waals surface area contributed by atoms with Gasteiger partial charge in [0.1, 0.15) is 6.04 Å². The molecule has 0 radical (unpaired) electrons. The number of rotatable bonds is 8. The van der Waals surface area contributed by atoms with E-state index in [-0.39, 0.29) is 5.91 Å². The van der Waals surface area contributed by atoms with Crippen LogP contribution in [0, 0.1) is 5.92 Å². The zero-order chi connectivity index (χ0) is 15.9. The van der Waals surface area contributed by atoms with Crippen LogP contribution in [-0.2, 0) is 9.59 Å². The number of carbonyl (C=O) groups is 2. The second-order valence-corrected chi connectivity index (χ2v) is 6.25. The van der Waals surface area contributed by atoms with Crippen molar-refractivity contribution in [3.8, 4) is 0 Å². The molecular weight excluding hydrogens is 278 g/mol. The highest BCUT2D eigenvalue weighted by atomic mass is 16.4. The lowest BCUT2D eigenvalue weighted by Gasteiger charge is -2.35. The van der Waals surface area contributed by atoms with Crippen molar-refractivity contribution in [2.24, 2.45) is 5.92 Å². The van der Waals surface area contributed by atoms with Gasteiger partial charge in [-0.1, -0.05) is 50.1 Å². The molecular formula is C18H25NO3. The number of carbonyl (C=O) groups excluding carboxylic acids is 1. The van der Waals surface area contributed by atoms with Crippen molar-refractivity contribution < 1.29 is 14.7 Å². The molecule has 0 saturated heterocycles. The molecule has 0 heterocycles. The van der Waals surface area contributed by atoms with Gasteiger partial charge in [-0.2, -0.15) is 0 Å². The summed E-state index contributed by atoms with van der Waals surface area (Å²) in [5.74, 6) is -0.127. The topological polar surface area (TPSA) is 66.4 Å². The third-order valence-corrected chi connectivity index (χ3v) is 4.46. The molecule has 0 spiro atoms. The van der Waals surface area contributed by atoms with Gasteiger partial charge in [-0.15, -0.1) is 0 Å². The molecule has 0 bridgehead atoms. The lowest BCUT2D eigenvalue weighted by atomic mass is 9.70. The molecule has 4 heteroatoms. The molecule has 1 fully saturated rings. The van der Waals surface area contributed by atoms with Crippen molar-refractivity contribution in [1.29, 1.82) is 0 Å². The van der Waals surface area contributed by atoms with Gasteiger partial charge < -0.3 is 10.4 Å². The molecule has 1 amide bonds. The van der Waals surface area contributed by atoms with E-state index in [1.54, 1.807) is 0 Å². The molecule has 1 aromatic carbocycles. The molecule has 0 aliphatic heterocycles. The van der Waals surface area contributed by atoms with Crippen LogP contribution in [0.3, 0.4) is 0 Å². The third kappa shape index (κ3) is 4.58. The fourth-order valence-corrected chi connectivity index (χ4v) is 3.08. The molecule has 1 atom stereocenters. The van der Waals surface area contributed by atoms with E-state index >= 15 is 0 Å². The lowest BCUT2D eigenvalue weighted by molar-refractivity contribution is -0.142. The Morgan fingerprint density at radius 2 is 1.95 bits per heavy atom. The SMILES string of the molecule is CCCCC(NC(=O)CC1CC(c2ccccc2)C1)C(=O)O. The Kier molecular flexibility index (Phi) is 5.99. The van der Waals surface area contributed by atoms with Gasteiger partial charge >= 0.3 is 5.97 Å². The number of amides is 1. The van der Waals surface area contributed by atoms with Gasteiger partial charge in [0.2, 0.25) is 5.91 Å². The van der Waals surface area contributed by atoms with Crippen LogP contribution in [0.4, 0.5) is 0 Å². The first-order valence-electron chi connectivity index (χ1n) is 8.17. The second kappa shape index (κ2) is 7.97. The second-order valence-electron chi connectivity index (χ2n) is 6.25. The van der Waals surface area contributed by atoms with E-state index in [2.05, 4.69) is 17.4 Å². The third-order valence-electron chi connectivity index (χ3n) is 4.46. The summed E-state index contributed by atoms with van der Waals surface area (Å²) in [5.41, 5.74) is 1.34. The Morgan fingerprint density at radius 3 is 2.55 bits per heavy atom. The number of hydrogen-bond donors (Lipinski definition) is 2. The lowest BCUT2D eigenvalue weighted by Crippen LogP contribution is -2.42. The minimum Gasteiger partial charge on any atom is -0.480 e. The monoisotopic (exact) mass is 303 g/mol. The summed E-state index contributed by atoms with van der Waals surface area (Å²) in [6.07, 6.45) is 4.74. The first-order chi connectivity index (χ1) is 10.6. The fraction of sp³-hybridized carbons (Fsp3) is 0.556. The van der Waals surface area contributed by atoms with Crippen molar-refractivity contribution in [2.75, 3.05) is 0 Å². The van der Waals surface area contributed by atoms with Crippen LogP contribution >= 0.6 is 0 Å². The first kappa shape index (κ1) is 16.5. The van der Waals surface area contributed by atoms with Crippen molar-refractivity contribution >= 4 is 11.9 Å². The maximum atomic E-state index is 12.0. The van der Waals surface area contributed by atoms with Gasteiger partial charge in [0, 0.05) is 6.42 Å². The largest absolute Gasteiger partial charge is 0.480 e. The van der Waals surface area contributed by atoms with E-state index in [1.165, 1.54) is 5.56 Å². The Balaban J connectivity index is 1.73. The summed E-state index contributed by atoms with van der Waals surface area (Å²) in [6, 6.07) is 9.62. The summed E-state index contributed by atoms with van der Waals surface area (Å²) in [7, 11) is 0. The Bertz CT molecular complexity index is 494. The van der Waals surface area contributed by atoms with Crippen LogP contribution in [0.1, 0.15) is 56.9 Å². The molecule has 2 rings (SSSR count). The molecule has 22 heavy (non-hydrogen) atoms. The van der Waals surface area contributed by atoms with Crippen LogP contribution in [0.15, 0.2) is 30.3 Å². The van der Waals surface area contributed by atoms with Gasteiger partial charge in [-0.05, 0) is 36.7 Å². The molecule has 1 aromatic rings. The van der Waals surface area contributed by atoms with Crippen LogP contribution < -0.4 is 5.32 Å². The predicted octanol–water partition coefficient (Wildman–Crippen LogP) is 3.33. The van der Waals surface area contributed by atoms with Crippen molar-refractivity contribution in [3.05, 3.63) is 35.9 Å². The molecule has 120 valence electrons. The van der Waals surface area contributed by atoms with Crippen molar-refractivity contribution in [2.45, 2.75) is 57.4 Å². The van der Waals surface area contributed by atoms with Gasteiger partial charge in [0.25, 0.3) is 0 Å². The quantitative estimate of drug-likeness (QED) is 0.774. The zero-order valence-electron chi connectivity index (χ0n) is 13.1. The molecule has 4 nitrogen and oxygen atoms in total. The van der Waals surface area contributed by atoms with E-state index in [0.29, 0.717) is 24.7 Å². The van der Waals surface area contributed by atoms with E-state index in [9.17, 15) is 9.59 Å². The summed E-state index contributed by atoms with van der Waals surface area (Å²) < 4.78 is 0. The van der Waals surface area contributed by atoms with Gasteiger partial charge in [-0.3, -0.25) is 4.79 Å². The van der Waals surface area contributed by atoms with Crippen LogP contribution in [0.5, 0.6) is 0 Å². The minimum absolute atomic E-state index is 0.125. The molecule has 1 unspecified atom stereocenters. The summed E-state index contributed by atoms with van der Waals surface area (Å²) in [5, 5.41) is 11.8. The average molecular weight is 303 g/mol. The number of nitrogens with one attached hydrogen (secondary N) is 1. The minimum atomic E-state index is -0.933. The summed E-state index contributed by atoms with van der Waals surface area (Å²) >= 11 is 0. The fourth-order valence-electron chi connectivity index (χ4n) is 3.08. The van der Waals surface area contributed by atoms with Crippen LogP contribution in [-0.4, -0.2) is 23.0 Å². The summed E-state index contributed by atoms with van der Waals surface area (Å²) in [4.78, 5) is 23.1. The maximum Gasteiger partial charge on any atom is 0.326 e. The number of carboxylic acid groups (broad SMARTS) is 1. The van der Waals surface area contributed by atoms with Crippen LogP contribution in [0.2, 0.25) is 0 Å². The number of unbranched alkanes of at least 4 members (excludes halogenated alkanes) is 1. The average Bonchev–Trinajstić information content (AvgIpc) is 2.47. The highest BCUT2D eigenvalue weighted by Gasteiger charge is 2.32. The van der Waals surface area contributed by atoms with Crippen molar-refractivity contribution in [3.63, 3.8) is 0 Å². The Morgan fingerprint density at radius 1 is 1.27 bits per heavy atom. The normalized spacial score (nSPS) is 21.7. The Labute approximate surface area is 131 Å². The molecule has 1 aliphatic carbocycles. The number of benzene rings is 1. The molecule has 2 N–H and O–H groups in total. The predicted molar refractivity (Wildman–Crippen MR) is 85.6 cm³/mol. The zero-order valence-corrected chi connectivity index (χ0v) is 13.1. The van der Waals surface area contributed by atoms with Gasteiger partial charge in [-0.25, -0.2) is 4.79 Å². The van der Waals surface area contributed by atoms with E-state index in [0.717, 1.165) is 25.7 Å². The standard InChI is InChI=1S/C18H25NO3/c1-2-3-9-16(18(21)22)19-17(20)12-13-10-15(11-13)14-7-5-4-6-8-14/h4-8,13,15-16H,2-3,9-12H2,1H3,(H,19,20)(H,21,22). The van der Waals surface area contributed by atoms with E-state index in [1.807, 2.05) is 25.1 Å².